The van der Waals surface area contributed by atoms with E-state index in [1.54, 1.807) is 0 Å². The predicted molar refractivity (Wildman–Crippen MR) is 155 cm³/mol. The summed E-state index contributed by atoms with van der Waals surface area (Å²) in [5.41, 5.74) is 0.850. The molecule has 2 fully saturated rings. The van der Waals surface area contributed by atoms with E-state index >= 15 is 0 Å². The van der Waals surface area contributed by atoms with E-state index in [1.807, 2.05) is 30.3 Å². The number of rotatable bonds is 5. The smallest absolute Gasteiger partial charge is 0.246 e. The highest BCUT2D eigenvalue weighted by molar-refractivity contribution is 8.13. The zero-order chi connectivity index (χ0) is 29.5. The molecule has 11 nitrogen and oxygen atoms in total. The van der Waals surface area contributed by atoms with Crippen LogP contribution in [0.25, 0.3) is 0 Å². The van der Waals surface area contributed by atoms with Crippen molar-refractivity contribution in [3.63, 3.8) is 0 Å². The second-order valence-corrected chi connectivity index (χ2v) is 11.5. The van der Waals surface area contributed by atoms with Gasteiger partial charge in [0, 0.05) is 25.6 Å². The number of nitrogens with one attached hydrogen (secondary N) is 4. The molecule has 1 aliphatic carbocycles. The van der Waals surface area contributed by atoms with E-state index < -0.39 is 41.8 Å². The van der Waals surface area contributed by atoms with Gasteiger partial charge in [-0.1, -0.05) is 74.2 Å². The van der Waals surface area contributed by atoms with Crippen molar-refractivity contribution in [2.45, 2.75) is 70.0 Å². The van der Waals surface area contributed by atoms with Gasteiger partial charge in [-0.3, -0.25) is 24.0 Å². The second-order valence-electron chi connectivity index (χ2n) is 10.4. The molecule has 41 heavy (non-hydrogen) atoms. The Hall–Kier alpha value is -2.96. The summed E-state index contributed by atoms with van der Waals surface area (Å²) in [5.74, 6) is -1.40. The van der Waals surface area contributed by atoms with Gasteiger partial charge in [0.05, 0.1) is 19.8 Å². The summed E-state index contributed by atoms with van der Waals surface area (Å²) in [6, 6.07) is 6.63. The molecule has 3 rings (SSSR count). The van der Waals surface area contributed by atoms with E-state index in [1.165, 1.54) is 6.92 Å². The first-order valence-electron chi connectivity index (χ1n) is 14.3. The monoisotopic (exact) mass is 590 g/mol. The van der Waals surface area contributed by atoms with Crippen LogP contribution in [0.2, 0.25) is 0 Å². The first kappa shape index (κ1) is 32.6. The Kier molecular flexibility index (Phi) is 14.1. The molecule has 3 atom stereocenters. The number of carbonyl (C=O) groups is 5. The fraction of sp³-hybridized carbons (Fsp3) is 0.621. The zero-order valence-electron chi connectivity index (χ0n) is 23.7. The summed E-state index contributed by atoms with van der Waals surface area (Å²) in [5, 5.41) is 10.6. The van der Waals surface area contributed by atoms with E-state index in [-0.39, 0.29) is 50.3 Å². The molecule has 0 aromatic heterocycles. The highest BCUT2D eigenvalue weighted by Gasteiger charge is 2.31. The highest BCUT2D eigenvalue weighted by atomic mass is 32.2. The molecule has 0 bridgehead atoms. The van der Waals surface area contributed by atoms with Gasteiger partial charge >= 0.3 is 0 Å². The molecule has 1 aromatic rings. The lowest BCUT2D eigenvalue weighted by Crippen LogP contribution is -2.53. The molecule has 12 heteroatoms. The molecule has 226 valence electrons. The van der Waals surface area contributed by atoms with Crippen molar-refractivity contribution in [3.8, 4) is 0 Å². The Balaban J connectivity index is 1.81. The van der Waals surface area contributed by atoms with Crippen LogP contribution >= 0.6 is 11.8 Å². The molecule has 2 aliphatic rings. The standard InChI is InChI=1S/C29H42N4O7S/c1-20(34)31-25-19-41-29(38)24(17-22-10-6-3-7-11-22)33-28(37)23(16-21-8-4-2-5-9-21)32-26(35)18-40-15-14-39-13-12-30-27(25)36/h3,6-7,10-11,21,23-25H,2,4-5,8-9,12-19H2,1H3,(H,30,36)(H,31,34)(H,32,35)(H,33,37)/t23-,24-,25-/m0/s1. The van der Waals surface area contributed by atoms with Gasteiger partial charge in [0.25, 0.3) is 0 Å². The van der Waals surface area contributed by atoms with E-state index in [2.05, 4.69) is 21.3 Å². The minimum Gasteiger partial charge on any atom is -0.377 e. The molecule has 1 aromatic carbocycles. The summed E-state index contributed by atoms with van der Waals surface area (Å²) in [7, 11) is 0. The van der Waals surface area contributed by atoms with Crippen molar-refractivity contribution in [2.24, 2.45) is 5.92 Å². The van der Waals surface area contributed by atoms with E-state index in [4.69, 9.17) is 9.47 Å². The molecular weight excluding hydrogens is 548 g/mol. The van der Waals surface area contributed by atoms with Crippen molar-refractivity contribution in [2.75, 3.05) is 38.7 Å². The zero-order valence-corrected chi connectivity index (χ0v) is 24.5. The average molecular weight is 591 g/mol. The highest BCUT2D eigenvalue weighted by Crippen LogP contribution is 2.27. The van der Waals surface area contributed by atoms with E-state index in [9.17, 15) is 24.0 Å². The first-order valence-corrected chi connectivity index (χ1v) is 15.3. The van der Waals surface area contributed by atoms with Crippen molar-refractivity contribution < 1.29 is 33.4 Å². The molecule has 0 unspecified atom stereocenters. The van der Waals surface area contributed by atoms with Gasteiger partial charge in [-0.25, -0.2) is 0 Å². The summed E-state index contributed by atoms with van der Waals surface area (Å²) in [6.07, 6.45) is 6.03. The van der Waals surface area contributed by atoms with Gasteiger partial charge in [-0.05, 0) is 17.9 Å². The largest absolute Gasteiger partial charge is 0.377 e. The molecule has 0 radical (unpaired) electrons. The number of carbonyl (C=O) groups excluding carboxylic acids is 5. The Morgan fingerprint density at radius 2 is 1.66 bits per heavy atom. The summed E-state index contributed by atoms with van der Waals surface area (Å²) in [4.78, 5) is 64.3. The predicted octanol–water partition coefficient (Wildman–Crippen LogP) is 1.10. The van der Waals surface area contributed by atoms with E-state index in [0.717, 1.165) is 49.4 Å². The molecule has 1 saturated heterocycles. The Morgan fingerprint density at radius 3 is 2.39 bits per heavy atom. The van der Waals surface area contributed by atoms with Crippen LogP contribution in [-0.4, -0.2) is 85.6 Å². The third kappa shape index (κ3) is 12.2. The summed E-state index contributed by atoms with van der Waals surface area (Å²) < 4.78 is 10.9. The number of hydrogen-bond donors (Lipinski definition) is 4. The van der Waals surface area contributed by atoms with Crippen LogP contribution < -0.4 is 21.3 Å². The normalized spacial score (nSPS) is 25.0. The van der Waals surface area contributed by atoms with Crippen LogP contribution in [0.15, 0.2) is 30.3 Å². The SMILES string of the molecule is CC(=O)N[C@H]1CSC(=O)[C@H](Cc2ccccc2)NC(=O)[C@H](CC2CCCCC2)NC(=O)COCCOCCNC1=O. The molecule has 1 aliphatic heterocycles. The lowest BCUT2D eigenvalue weighted by Gasteiger charge is -2.28. The number of ether oxygens (including phenoxy) is 2. The minimum absolute atomic E-state index is 0.0116. The van der Waals surface area contributed by atoms with Crippen LogP contribution in [0.5, 0.6) is 0 Å². The molecule has 0 spiro atoms. The minimum atomic E-state index is -0.946. The van der Waals surface area contributed by atoms with Crippen molar-refractivity contribution in [1.82, 2.24) is 21.3 Å². The molecular formula is C29H42N4O7S. The maximum Gasteiger partial charge on any atom is 0.246 e. The maximum atomic E-state index is 13.6. The van der Waals surface area contributed by atoms with Crippen LogP contribution in [0.3, 0.4) is 0 Å². The maximum absolute atomic E-state index is 13.6. The number of amides is 4. The fourth-order valence-electron chi connectivity index (χ4n) is 4.99. The van der Waals surface area contributed by atoms with Crippen molar-refractivity contribution >= 4 is 40.5 Å². The van der Waals surface area contributed by atoms with Crippen LogP contribution in [0.1, 0.15) is 51.0 Å². The van der Waals surface area contributed by atoms with Gasteiger partial charge in [-0.15, -0.1) is 0 Å². The Bertz CT molecular complexity index is 1020. The molecule has 1 saturated carbocycles. The Labute approximate surface area is 245 Å². The summed E-state index contributed by atoms with van der Waals surface area (Å²) >= 11 is 0.876. The van der Waals surface area contributed by atoms with Gasteiger partial charge < -0.3 is 30.7 Å². The van der Waals surface area contributed by atoms with E-state index in [0.29, 0.717) is 12.3 Å². The topological polar surface area (TPSA) is 152 Å². The average Bonchev–Trinajstić information content (AvgIpc) is 2.96. The molecule has 1 heterocycles. The van der Waals surface area contributed by atoms with Gasteiger partial charge in [-0.2, -0.15) is 0 Å². The number of thioether (sulfide) groups is 1. The quantitative estimate of drug-likeness (QED) is 0.398. The second kappa shape index (κ2) is 17.8. The van der Waals surface area contributed by atoms with Gasteiger partial charge in [0.1, 0.15) is 24.7 Å². The molecule has 4 N–H and O–H groups in total. The van der Waals surface area contributed by atoms with Gasteiger partial charge in [0.15, 0.2) is 0 Å². The van der Waals surface area contributed by atoms with Crippen LogP contribution in [0, 0.1) is 5.92 Å². The van der Waals surface area contributed by atoms with Crippen molar-refractivity contribution in [1.29, 1.82) is 0 Å². The molecule has 4 amide bonds. The van der Waals surface area contributed by atoms with Gasteiger partial charge in [0.2, 0.25) is 28.7 Å². The Morgan fingerprint density at radius 1 is 0.927 bits per heavy atom. The number of benzene rings is 1. The van der Waals surface area contributed by atoms with Crippen LogP contribution in [0.4, 0.5) is 0 Å². The number of hydrogen-bond acceptors (Lipinski definition) is 8. The first-order chi connectivity index (χ1) is 19.8. The van der Waals surface area contributed by atoms with Crippen LogP contribution in [-0.2, 0) is 39.9 Å². The summed E-state index contributed by atoms with van der Waals surface area (Å²) in [6.45, 7) is 1.87. The lowest BCUT2D eigenvalue weighted by molar-refractivity contribution is -0.133. The third-order valence-corrected chi connectivity index (χ3v) is 8.14. The van der Waals surface area contributed by atoms with Crippen molar-refractivity contribution in [3.05, 3.63) is 35.9 Å². The third-order valence-electron chi connectivity index (χ3n) is 7.07. The fourth-order valence-corrected chi connectivity index (χ4v) is 5.90. The lowest BCUT2D eigenvalue weighted by atomic mass is 9.84.